The molecule has 4 N–H and O–H groups in total. The van der Waals surface area contributed by atoms with E-state index in [2.05, 4.69) is 0 Å². The molecular formula is C6H17NO2. The largest absolute Gasteiger partial charge is 0.366 e. The van der Waals surface area contributed by atoms with E-state index < -0.39 is 5.79 Å². The van der Waals surface area contributed by atoms with E-state index in [1.807, 2.05) is 13.8 Å². The average Bonchev–Trinajstić information content (AvgIpc) is 1.67. The van der Waals surface area contributed by atoms with Gasteiger partial charge in [-0.3, -0.25) is 0 Å². The second-order valence-electron chi connectivity index (χ2n) is 1.96. The highest BCUT2D eigenvalue weighted by molar-refractivity contribution is 4.53. The zero-order valence-electron chi connectivity index (χ0n) is 6.48. The van der Waals surface area contributed by atoms with Crippen molar-refractivity contribution in [1.82, 2.24) is 6.15 Å². The molecule has 0 aromatic heterocycles. The molecule has 0 aliphatic heterocycles. The molecule has 0 heterocycles. The van der Waals surface area contributed by atoms with Crippen molar-refractivity contribution in [2.75, 3.05) is 6.61 Å². The van der Waals surface area contributed by atoms with Crippen LogP contribution in [0, 0.1) is 0 Å². The fourth-order valence-corrected chi connectivity index (χ4v) is 0.413. The summed E-state index contributed by atoms with van der Waals surface area (Å²) in [6, 6.07) is 0. The molecular weight excluding hydrogens is 118 g/mol. The topological polar surface area (TPSA) is 64.5 Å². The van der Waals surface area contributed by atoms with Gasteiger partial charge in [0.15, 0.2) is 5.79 Å². The monoisotopic (exact) mass is 135 g/mol. The number of hydrogen-bond acceptors (Lipinski definition) is 3. The molecule has 0 fully saturated rings. The van der Waals surface area contributed by atoms with Crippen LogP contribution in [-0.4, -0.2) is 17.5 Å². The first-order valence-corrected chi connectivity index (χ1v) is 2.98. The van der Waals surface area contributed by atoms with Crippen LogP contribution in [0.15, 0.2) is 0 Å². The van der Waals surface area contributed by atoms with E-state index >= 15 is 0 Å². The van der Waals surface area contributed by atoms with E-state index in [1.54, 1.807) is 6.92 Å². The van der Waals surface area contributed by atoms with Gasteiger partial charge in [0, 0.05) is 6.61 Å². The van der Waals surface area contributed by atoms with Crippen molar-refractivity contribution in [3.8, 4) is 0 Å². The highest BCUT2D eigenvalue weighted by Gasteiger charge is 2.15. The predicted octanol–water partition coefficient (Wildman–Crippen LogP) is 1.30. The van der Waals surface area contributed by atoms with Crippen LogP contribution in [0.2, 0.25) is 0 Å². The predicted molar refractivity (Wildman–Crippen MR) is 37.6 cm³/mol. The molecule has 0 radical (unpaired) electrons. The van der Waals surface area contributed by atoms with Gasteiger partial charge in [-0.2, -0.15) is 0 Å². The molecule has 9 heavy (non-hydrogen) atoms. The molecule has 0 aromatic rings. The first-order chi connectivity index (χ1) is 3.62. The lowest BCUT2D eigenvalue weighted by Gasteiger charge is -2.20. The quantitative estimate of drug-likeness (QED) is 0.573. The Kier molecular flexibility index (Phi) is 6.12. The van der Waals surface area contributed by atoms with Gasteiger partial charge in [-0.1, -0.05) is 6.92 Å². The average molecular weight is 135 g/mol. The maximum atomic E-state index is 9.10. The lowest BCUT2D eigenvalue weighted by molar-refractivity contribution is -0.187. The molecule has 3 heteroatoms. The third-order valence-electron chi connectivity index (χ3n) is 1.11. The number of rotatable bonds is 3. The molecule has 58 valence electrons. The Morgan fingerprint density at radius 1 is 1.44 bits per heavy atom. The van der Waals surface area contributed by atoms with Gasteiger partial charge in [0.1, 0.15) is 0 Å². The third kappa shape index (κ3) is 5.76. The molecule has 0 amide bonds. The minimum absolute atomic E-state index is 0. The number of aliphatic hydroxyl groups is 1. The van der Waals surface area contributed by atoms with Crippen LogP contribution in [0.4, 0.5) is 0 Å². The molecule has 0 rings (SSSR count). The van der Waals surface area contributed by atoms with E-state index in [-0.39, 0.29) is 6.15 Å². The summed E-state index contributed by atoms with van der Waals surface area (Å²) < 4.78 is 4.93. The summed E-state index contributed by atoms with van der Waals surface area (Å²) in [6.07, 6.45) is 0.640. The van der Waals surface area contributed by atoms with Crippen LogP contribution < -0.4 is 6.15 Å². The van der Waals surface area contributed by atoms with E-state index in [0.717, 1.165) is 0 Å². The highest BCUT2D eigenvalue weighted by Crippen LogP contribution is 2.08. The van der Waals surface area contributed by atoms with Gasteiger partial charge in [0.05, 0.1) is 0 Å². The van der Waals surface area contributed by atoms with Gasteiger partial charge in [0.2, 0.25) is 0 Å². The van der Waals surface area contributed by atoms with Crippen LogP contribution >= 0.6 is 0 Å². The summed E-state index contributed by atoms with van der Waals surface area (Å²) in [4.78, 5) is 0. The Morgan fingerprint density at radius 2 is 1.89 bits per heavy atom. The fourth-order valence-electron chi connectivity index (χ4n) is 0.413. The minimum Gasteiger partial charge on any atom is -0.366 e. The van der Waals surface area contributed by atoms with Crippen molar-refractivity contribution in [2.24, 2.45) is 0 Å². The van der Waals surface area contributed by atoms with E-state index in [9.17, 15) is 0 Å². The van der Waals surface area contributed by atoms with Crippen molar-refractivity contribution in [3.63, 3.8) is 0 Å². The molecule has 1 atom stereocenters. The Balaban J connectivity index is 0. The molecule has 3 nitrogen and oxygen atoms in total. The van der Waals surface area contributed by atoms with Crippen LogP contribution in [0.25, 0.3) is 0 Å². The second-order valence-corrected chi connectivity index (χ2v) is 1.96. The van der Waals surface area contributed by atoms with Crippen LogP contribution in [0.3, 0.4) is 0 Å². The normalized spacial score (nSPS) is 16.0. The molecule has 0 saturated carbocycles. The van der Waals surface area contributed by atoms with E-state index in [0.29, 0.717) is 13.0 Å². The van der Waals surface area contributed by atoms with Gasteiger partial charge in [0.25, 0.3) is 0 Å². The lowest BCUT2D eigenvalue weighted by Crippen LogP contribution is -2.26. The minimum atomic E-state index is -0.908. The smallest absolute Gasteiger partial charge is 0.162 e. The zero-order valence-corrected chi connectivity index (χ0v) is 6.48. The molecule has 0 aliphatic carbocycles. The lowest BCUT2D eigenvalue weighted by atomic mass is 10.2. The van der Waals surface area contributed by atoms with Crippen molar-refractivity contribution in [3.05, 3.63) is 0 Å². The van der Waals surface area contributed by atoms with Gasteiger partial charge in [-0.25, -0.2) is 0 Å². The zero-order chi connectivity index (χ0) is 6.62. The van der Waals surface area contributed by atoms with Gasteiger partial charge < -0.3 is 16.0 Å². The summed E-state index contributed by atoms with van der Waals surface area (Å²) in [5.41, 5.74) is 0. The standard InChI is InChI=1S/C6H14O2.H3N/c1-4-6(3,7)8-5-2;/h7H,4-5H2,1-3H3;1H3. The van der Waals surface area contributed by atoms with Crippen LogP contribution in [-0.2, 0) is 4.74 Å². The number of ether oxygens (including phenoxy) is 1. The van der Waals surface area contributed by atoms with E-state index in [1.165, 1.54) is 0 Å². The third-order valence-corrected chi connectivity index (χ3v) is 1.11. The summed E-state index contributed by atoms with van der Waals surface area (Å²) in [7, 11) is 0. The molecule has 0 bridgehead atoms. The Bertz CT molecular complexity index is 64.1. The Hall–Kier alpha value is -0.120. The van der Waals surface area contributed by atoms with E-state index in [4.69, 9.17) is 9.84 Å². The Morgan fingerprint density at radius 3 is 2.00 bits per heavy atom. The van der Waals surface area contributed by atoms with Crippen molar-refractivity contribution < 1.29 is 9.84 Å². The first kappa shape index (κ1) is 11.6. The molecule has 0 saturated heterocycles. The molecule has 0 aromatic carbocycles. The second kappa shape index (κ2) is 4.73. The number of hydrogen-bond donors (Lipinski definition) is 2. The summed E-state index contributed by atoms with van der Waals surface area (Å²) in [6.45, 7) is 5.98. The first-order valence-electron chi connectivity index (χ1n) is 2.98. The summed E-state index contributed by atoms with van der Waals surface area (Å²) in [5.74, 6) is -0.908. The Labute approximate surface area is 56.6 Å². The molecule has 0 spiro atoms. The van der Waals surface area contributed by atoms with Gasteiger partial charge in [-0.15, -0.1) is 0 Å². The maximum Gasteiger partial charge on any atom is 0.162 e. The highest BCUT2D eigenvalue weighted by atomic mass is 16.6. The SMILES string of the molecule is CCOC(C)(O)CC.N. The van der Waals surface area contributed by atoms with Gasteiger partial charge in [-0.05, 0) is 20.3 Å². The fraction of sp³-hybridized carbons (Fsp3) is 1.00. The molecule has 0 aliphatic rings. The summed E-state index contributed by atoms with van der Waals surface area (Å²) in [5, 5.41) is 9.10. The maximum absolute atomic E-state index is 9.10. The van der Waals surface area contributed by atoms with Crippen LogP contribution in [0.5, 0.6) is 0 Å². The van der Waals surface area contributed by atoms with Crippen molar-refractivity contribution >= 4 is 0 Å². The van der Waals surface area contributed by atoms with Crippen LogP contribution in [0.1, 0.15) is 27.2 Å². The van der Waals surface area contributed by atoms with Gasteiger partial charge >= 0.3 is 0 Å². The molecule has 1 unspecified atom stereocenters. The summed E-state index contributed by atoms with van der Waals surface area (Å²) >= 11 is 0. The van der Waals surface area contributed by atoms with Crippen molar-refractivity contribution in [2.45, 2.75) is 33.0 Å². The van der Waals surface area contributed by atoms with Crippen molar-refractivity contribution in [1.29, 1.82) is 0 Å².